The summed E-state index contributed by atoms with van der Waals surface area (Å²) in [6.07, 6.45) is 3.33. The normalized spacial score (nSPS) is 21.5. The van der Waals surface area contributed by atoms with Gasteiger partial charge in [0.05, 0.1) is 12.2 Å². The van der Waals surface area contributed by atoms with Crippen molar-refractivity contribution in [1.82, 2.24) is 20.1 Å². The maximum atomic E-state index is 15.1. The van der Waals surface area contributed by atoms with Crippen LogP contribution >= 0.6 is 0 Å². The van der Waals surface area contributed by atoms with Crippen molar-refractivity contribution in [3.63, 3.8) is 0 Å². The second-order valence-electron chi connectivity index (χ2n) is 10.9. The fourth-order valence-electron chi connectivity index (χ4n) is 5.16. The summed E-state index contributed by atoms with van der Waals surface area (Å²) in [6, 6.07) is 9.40. The molecule has 1 unspecified atom stereocenters. The number of hydrogen-bond acceptors (Lipinski definition) is 5. The van der Waals surface area contributed by atoms with E-state index in [0.717, 1.165) is 44.6 Å². The Morgan fingerprint density at radius 2 is 1.95 bits per heavy atom. The summed E-state index contributed by atoms with van der Waals surface area (Å²) in [4.78, 5) is 33.3. The first-order chi connectivity index (χ1) is 17.5. The van der Waals surface area contributed by atoms with E-state index in [1.165, 1.54) is 24.4 Å². The SMILES string of the molecule is CC1CN(CC(=O)N2CC(C)(C)c3cnc(C(F)(F)c4ccccc4)cc32)CCN1.CN1CCCC1=O. The molecule has 0 spiro atoms. The Morgan fingerprint density at radius 1 is 1.22 bits per heavy atom. The Bertz CT molecular complexity index is 1120. The van der Waals surface area contributed by atoms with Crippen LogP contribution in [0.25, 0.3) is 0 Å². The van der Waals surface area contributed by atoms with Gasteiger partial charge in [-0.25, -0.2) is 0 Å². The van der Waals surface area contributed by atoms with Crippen molar-refractivity contribution in [2.75, 3.05) is 51.2 Å². The smallest absolute Gasteiger partial charge is 0.314 e. The number of benzene rings is 1. The van der Waals surface area contributed by atoms with E-state index in [4.69, 9.17) is 0 Å². The van der Waals surface area contributed by atoms with E-state index < -0.39 is 5.92 Å². The molecule has 2 amide bonds. The van der Waals surface area contributed by atoms with Crippen LogP contribution < -0.4 is 10.2 Å². The number of pyridine rings is 1. The third-order valence-electron chi connectivity index (χ3n) is 7.34. The number of aromatic nitrogens is 1. The summed E-state index contributed by atoms with van der Waals surface area (Å²) < 4.78 is 30.2. The molecule has 3 aliphatic heterocycles. The summed E-state index contributed by atoms with van der Waals surface area (Å²) in [6.45, 7) is 10.3. The lowest BCUT2D eigenvalue weighted by molar-refractivity contribution is -0.126. The Morgan fingerprint density at radius 3 is 2.54 bits per heavy atom. The summed E-state index contributed by atoms with van der Waals surface area (Å²) >= 11 is 0. The molecule has 0 bridgehead atoms. The molecular weight excluding hydrogens is 476 g/mol. The number of hydrogen-bond donors (Lipinski definition) is 1. The second-order valence-corrected chi connectivity index (χ2v) is 10.9. The van der Waals surface area contributed by atoms with Crippen LogP contribution in [0.1, 0.15) is 50.4 Å². The third kappa shape index (κ3) is 5.99. The molecule has 2 aromatic rings. The van der Waals surface area contributed by atoms with Crippen LogP contribution in [0.2, 0.25) is 0 Å². The average molecular weight is 514 g/mol. The number of carbonyl (C=O) groups excluding carboxylic acids is 2. The summed E-state index contributed by atoms with van der Waals surface area (Å²) in [5.74, 6) is -3.00. The van der Waals surface area contributed by atoms with Crippen molar-refractivity contribution in [2.24, 2.45) is 0 Å². The highest BCUT2D eigenvalue weighted by molar-refractivity contribution is 5.97. The van der Waals surface area contributed by atoms with Gasteiger partial charge in [-0.05, 0) is 19.4 Å². The van der Waals surface area contributed by atoms with Crippen molar-refractivity contribution in [2.45, 2.75) is 51.0 Å². The van der Waals surface area contributed by atoms with Crippen LogP contribution in [0.3, 0.4) is 0 Å². The molecule has 5 rings (SSSR count). The fourth-order valence-corrected chi connectivity index (χ4v) is 5.16. The number of likely N-dealkylation sites (tertiary alicyclic amines) is 1. The Kier molecular flexibility index (Phi) is 7.94. The van der Waals surface area contributed by atoms with Crippen molar-refractivity contribution < 1.29 is 18.4 Å². The van der Waals surface area contributed by atoms with Crippen LogP contribution in [0.4, 0.5) is 14.5 Å². The third-order valence-corrected chi connectivity index (χ3v) is 7.34. The van der Waals surface area contributed by atoms with Gasteiger partial charge in [0.15, 0.2) is 0 Å². The molecule has 37 heavy (non-hydrogen) atoms. The van der Waals surface area contributed by atoms with Crippen molar-refractivity contribution in [3.8, 4) is 0 Å². The predicted molar refractivity (Wildman–Crippen MR) is 140 cm³/mol. The molecule has 2 fully saturated rings. The minimum atomic E-state index is -3.23. The summed E-state index contributed by atoms with van der Waals surface area (Å²) in [7, 11) is 1.84. The zero-order chi connectivity index (χ0) is 26.8. The van der Waals surface area contributed by atoms with E-state index in [2.05, 4.69) is 22.1 Å². The zero-order valence-corrected chi connectivity index (χ0v) is 22.1. The molecule has 200 valence electrons. The van der Waals surface area contributed by atoms with Crippen molar-refractivity contribution in [3.05, 3.63) is 59.4 Å². The molecule has 1 atom stereocenters. The van der Waals surface area contributed by atoms with Crippen molar-refractivity contribution >= 4 is 17.5 Å². The molecule has 1 N–H and O–H groups in total. The number of rotatable bonds is 4. The highest BCUT2D eigenvalue weighted by Crippen LogP contribution is 2.43. The first-order valence-electron chi connectivity index (χ1n) is 12.9. The highest BCUT2D eigenvalue weighted by Gasteiger charge is 2.42. The molecule has 4 heterocycles. The lowest BCUT2D eigenvalue weighted by Crippen LogP contribution is -2.52. The van der Waals surface area contributed by atoms with E-state index >= 15 is 8.78 Å². The number of carbonyl (C=O) groups is 2. The quantitative estimate of drug-likeness (QED) is 0.679. The van der Waals surface area contributed by atoms with Crippen LogP contribution in [0.5, 0.6) is 0 Å². The van der Waals surface area contributed by atoms with Crippen LogP contribution in [-0.4, -0.2) is 79.0 Å². The first-order valence-corrected chi connectivity index (χ1v) is 12.9. The van der Waals surface area contributed by atoms with E-state index in [9.17, 15) is 9.59 Å². The van der Waals surface area contributed by atoms with Gasteiger partial charge in [0.2, 0.25) is 11.8 Å². The van der Waals surface area contributed by atoms with E-state index in [-0.39, 0.29) is 29.1 Å². The number of nitrogens with one attached hydrogen (secondary N) is 1. The maximum absolute atomic E-state index is 15.1. The van der Waals surface area contributed by atoms with E-state index in [0.29, 0.717) is 24.2 Å². The molecule has 1 aromatic carbocycles. The van der Waals surface area contributed by atoms with Crippen LogP contribution in [0.15, 0.2) is 42.6 Å². The lowest BCUT2D eigenvalue weighted by atomic mass is 9.88. The Labute approximate surface area is 217 Å². The van der Waals surface area contributed by atoms with Crippen molar-refractivity contribution in [1.29, 1.82) is 0 Å². The van der Waals surface area contributed by atoms with Gasteiger partial charge in [0.1, 0.15) is 5.69 Å². The number of alkyl halides is 2. The largest absolute Gasteiger partial charge is 0.346 e. The molecule has 0 aliphatic carbocycles. The molecule has 0 radical (unpaired) electrons. The van der Waals surface area contributed by atoms with Gasteiger partial charge in [-0.3, -0.25) is 19.5 Å². The summed E-state index contributed by atoms with van der Waals surface area (Å²) in [5.41, 5.74) is 0.599. The second kappa shape index (κ2) is 10.8. The van der Waals surface area contributed by atoms with Gasteiger partial charge < -0.3 is 15.1 Å². The standard InChI is InChI=1S/C23H28F2N4O.C5H9NO/c1-16-13-28(10-9-26-16)14-21(30)29-15-22(2,3)18-12-27-20(11-19(18)29)23(24,25)17-7-5-4-6-8-17;1-6-4-2-3-5(6)7/h4-8,11-12,16,26H,9-10,13-15H2,1-3H3;2-4H2,1H3. The minimum absolute atomic E-state index is 0.0592. The number of nitrogens with zero attached hydrogens (tertiary/aromatic N) is 4. The number of fused-ring (bicyclic) bond motifs is 1. The minimum Gasteiger partial charge on any atom is -0.346 e. The van der Waals surface area contributed by atoms with Gasteiger partial charge in [0.25, 0.3) is 0 Å². The first kappa shape index (κ1) is 27.1. The average Bonchev–Trinajstić information content (AvgIpc) is 3.38. The zero-order valence-electron chi connectivity index (χ0n) is 22.1. The van der Waals surface area contributed by atoms with Gasteiger partial charge in [-0.2, -0.15) is 8.78 Å². The number of anilines is 1. The highest BCUT2D eigenvalue weighted by atomic mass is 19.3. The topological polar surface area (TPSA) is 68.8 Å². The monoisotopic (exact) mass is 513 g/mol. The van der Waals surface area contributed by atoms with Gasteiger partial charge >= 0.3 is 5.92 Å². The van der Waals surface area contributed by atoms with E-state index in [1.807, 2.05) is 20.9 Å². The van der Waals surface area contributed by atoms with Crippen LogP contribution in [-0.2, 0) is 20.9 Å². The number of piperazine rings is 1. The summed E-state index contributed by atoms with van der Waals surface area (Å²) in [5, 5.41) is 3.36. The van der Waals surface area contributed by atoms with Gasteiger partial charge in [-0.15, -0.1) is 0 Å². The van der Waals surface area contributed by atoms with E-state index in [1.54, 1.807) is 28.0 Å². The maximum Gasteiger partial charge on any atom is 0.314 e. The predicted octanol–water partition coefficient (Wildman–Crippen LogP) is 3.38. The molecule has 2 saturated heterocycles. The lowest BCUT2D eigenvalue weighted by Gasteiger charge is -2.32. The van der Waals surface area contributed by atoms with Crippen LogP contribution in [0, 0.1) is 0 Å². The molecule has 3 aliphatic rings. The number of halogens is 2. The van der Waals surface area contributed by atoms with Gasteiger partial charge in [-0.1, -0.05) is 44.2 Å². The molecule has 9 heteroatoms. The number of amides is 2. The fraction of sp³-hybridized carbons (Fsp3) is 0.536. The molecular formula is C28H37F2N5O2. The molecule has 7 nitrogen and oxygen atoms in total. The van der Waals surface area contributed by atoms with Gasteiger partial charge in [0, 0.05) is 75.0 Å². The Balaban J connectivity index is 0.000000396. The molecule has 1 aromatic heterocycles. The Hall–Kier alpha value is -2.91. The molecule has 0 saturated carbocycles.